The third kappa shape index (κ3) is 3.12. The fourth-order valence-corrected chi connectivity index (χ4v) is 2.17. The summed E-state index contributed by atoms with van der Waals surface area (Å²) in [5.74, 6) is -0.516. The Labute approximate surface area is 111 Å². The molecule has 1 aliphatic rings. The van der Waals surface area contributed by atoms with Crippen LogP contribution in [0, 0.1) is 0 Å². The number of esters is 1. The lowest BCUT2D eigenvalue weighted by Gasteiger charge is -2.15. The molecule has 102 valence electrons. The van der Waals surface area contributed by atoms with Gasteiger partial charge in [-0.25, -0.2) is 4.79 Å². The van der Waals surface area contributed by atoms with Crippen LogP contribution in [0.5, 0.6) is 0 Å². The van der Waals surface area contributed by atoms with Gasteiger partial charge in [0.2, 0.25) is 5.91 Å². The zero-order valence-electron chi connectivity index (χ0n) is 11.0. The number of fused-ring (bicyclic) bond motifs is 1. The van der Waals surface area contributed by atoms with Crippen LogP contribution in [0.4, 0.5) is 0 Å². The van der Waals surface area contributed by atoms with Gasteiger partial charge in [-0.2, -0.15) is 0 Å². The van der Waals surface area contributed by atoms with Crippen LogP contribution in [0.15, 0.2) is 24.3 Å². The van der Waals surface area contributed by atoms with E-state index in [0.29, 0.717) is 12.2 Å². The molecular formula is C14H17NO4. The first kappa shape index (κ1) is 13.5. The van der Waals surface area contributed by atoms with Crippen LogP contribution < -0.4 is 5.32 Å². The van der Waals surface area contributed by atoms with Crippen LogP contribution >= 0.6 is 0 Å². The number of carbonyl (C=O) groups is 2. The number of cyclic esters (lactones) is 1. The summed E-state index contributed by atoms with van der Waals surface area (Å²) in [4.78, 5) is 23.5. The molecule has 0 radical (unpaired) electrons. The van der Waals surface area contributed by atoms with E-state index in [4.69, 9.17) is 9.47 Å². The number of amides is 1. The molecule has 0 fully saturated rings. The molecule has 0 saturated heterocycles. The van der Waals surface area contributed by atoms with Gasteiger partial charge in [-0.1, -0.05) is 18.2 Å². The lowest BCUT2D eigenvalue weighted by Crippen LogP contribution is -2.36. The topological polar surface area (TPSA) is 64.6 Å². The van der Waals surface area contributed by atoms with Crippen LogP contribution in [0.1, 0.15) is 35.4 Å². The van der Waals surface area contributed by atoms with Crippen molar-refractivity contribution in [1.29, 1.82) is 0 Å². The molecule has 0 aromatic heterocycles. The average Bonchev–Trinajstić information content (AvgIpc) is 2.67. The Morgan fingerprint density at radius 1 is 1.47 bits per heavy atom. The summed E-state index contributed by atoms with van der Waals surface area (Å²) in [5.41, 5.74) is 1.33. The molecule has 2 atom stereocenters. The van der Waals surface area contributed by atoms with Gasteiger partial charge in [0.15, 0.2) is 0 Å². The highest BCUT2D eigenvalue weighted by Crippen LogP contribution is 2.32. The van der Waals surface area contributed by atoms with E-state index in [-0.39, 0.29) is 24.3 Å². The van der Waals surface area contributed by atoms with E-state index in [0.717, 1.165) is 5.56 Å². The third-order valence-corrected chi connectivity index (χ3v) is 2.97. The summed E-state index contributed by atoms with van der Waals surface area (Å²) in [5, 5.41) is 2.80. The molecule has 0 saturated carbocycles. The van der Waals surface area contributed by atoms with Crippen LogP contribution in [-0.2, 0) is 14.3 Å². The summed E-state index contributed by atoms with van der Waals surface area (Å²) in [6.07, 6.45) is -0.352. The third-order valence-electron chi connectivity index (χ3n) is 2.97. The predicted molar refractivity (Wildman–Crippen MR) is 68.7 cm³/mol. The van der Waals surface area contributed by atoms with Crippen LogP contribution in [-0.4, -0.2) is 31.6 Å². The van der Waals surface area contributed by atoms with Gasteiger partial charge >= 0.3 is 5.97 Å². The van der Waals surface area contributed by atoms with Crippen LogP contribution in [0.25, 0.3) is 0 Å². The molecule has 2 rings (SSSR count). The van der Waals surface area contributed by atoms with E-state index in [9.17, 15) is 9.59 Å². The highest BCUT2D eigenvalue weighted by molar-refractivity contribution is 5.94. The smallest absolute Gasteiger partial charge is 0.339 e. The minimum Gasteiger partial charge on any atom is -0.453 e. The average molecular weight is 263 g/mol. The quantitative estimate of drug-likeness (QED) is 0.816. The number of benzene rings is 1. The lowest BCUT2D eigenvalue weighted by molar-refractivity contribution is -0.123. The highest BCUT2D eigenvalue weighted by Gasteiger charge is 2.32. The second-order valence-electron chi connectivity index (χ2n) is 4.61. The Hall–Kier alpha value is -1.88. The highest BCUT2D eigenvalue weighted by atomic mass is 16.5. The fourth-order valence-electron chi connectivity index (χ4n) is 2.17. The lowest BCUT2D eigenvalue weighted by atomic mass is 10.0. The van der Waals surface area contributed by atoms with Crippen molar-refractivity contribution in [3.8, 4) is 0 Å². The first-order valence-electron chi connectivity index (χ1n) is 6.20. The molecule has 5 nitrogen and oxygen atoms in total. The molecule has 0 spiro atoms. The number of hydrogen-bond acceptors (Lipinski definition) is 4. The molecule has 1 aromatic rings. The van der Waals surface area contributed by atoms with Gasteiger partial charge in [-0.15, -0.1) is 0 Å². The minimum absolute atomic E-state index is 0.0650. The van der Waals surface area contributed by atoms with E-state index in [2.05, 4.69) is 5.32 Å². The Bertz CT molecular complexity index is 486. The Morgan fingerprint density at radius 2 is 2.21 bits per heavy atom. The van der Waals surface area contributed by atoms with Gasteiger partial charge in [-0.05, 0) is 13.0 Å². The maximum atomic E-state index is 11.8. The number of nitrogens with one attached hydrogen (secondary N) is 1. The maximum absolute atomic E-state index is 11.8. The van der Waals surface area contributed by atoms with E-state index in [1.54, 1.807) is 19.2 Å². The summed E-state index contributed by atoms with van der Waals surface area (Å²) < 4.78 is 10.2. The first-order valence-corrected chi connectivity index (χ1v) is 6.20. The van der Waals surface area contributed by atoms with Gasteiger partial charge in [-0.3, -0.25) is 4.79 Å². The van der Waals surface area contributed by atoms with Crippen molar-refractivity contribution < 1.29 is 19.1 Å². The second kappa shape index (κ2) is 5.84. The number of ether oxygens (including phenoxy) is 2. The van der Waals surface area contributed by atoms with Crippen molar-refractivity contribution in [2.75, 3.05) is 13.7 Å². The van der Waals surface area contributed by atoms with Gasteiger partial charge in [0.05, 0.1) is 18.6 Å². The monoisotopic (exact) mass is 263 g/mol. The van der Waals surface area contributed by atoms with Crippen molar-refractivity contribution >= 4 is 11.9 Å². The van der Waals surface area contributed by atoms with Crippen molar-refractivity contribution in [1.82, 2.24) is 5.32 Å². The molecule has 1 aromatic carbocycles. The van der Waals surface area contributed by atoms with E-state index >= 15 is 0 Å². The normalized spacial score (nSPS) is 18.6. The summed E-state index contributed by atoms with van der Waals surface area (Å²) in [7, 11) is 1.58. The molecular weight excluding hydrogens is 246 g/mol. The summed E-state index contributed by atoms with van der Waals surface area (Å²) in [6, 6.07) is 7.08. The molecule has 1 aliphatic heterocycles. The van der Waals surface area contributed by atoms with Crippen LogP contribution in [0.3, 0.4) is 0 Å². The van der Waals surface area contributed by atoms with Gasteiger partial charge in [0.25, 0.3) is 0 Å². The largest absolute Gasteiger partial charge is 0.453 e. The van der Waals surface area contributed by atoms with E-state index in [1.807, 2.05) is 19.1 Å². The van der Waals surface area contributed by atoms with Crippen molar-refractivity contribution in [2.24, 2.45) is 0 Å². The van der Waals surface area contributed by atoms with E-state index < -0.39 is 6.10 Å². The molecule has 0 aliphatic carbocycles. The number of hydrogen-bond donors (Lipinski definition) is 1. The second-order valence-corrected chi connectivity index (χ2v) is 4.61. The zero-order valence-corrected chi connectivity index (χ0v) is 11.0. The number of carbonyl (C=O) groups excluding carboxylic acids is 2. The molecule has 1 heterocycles. The van der Waals surface area contributed by atoms with E-state index in [1.165, 1.54) is 0 Å². The Balaban J connectivity index is 1.98. The maximum Gasteiger partial charge on any atom is 0.339 e. The Morgan fingerprint density at radius 3 is 2.95 bits per heavy atom. The molecule has 0 unspecified atom stereocenters. The molecule has 1 N–H and O–H groups in total. The van der Waals surface area contributed by atoms with Gasteiger partial charge in [0.1, 0.15) is 6.10 Å². The predicted octanol–water partition coefficient (Wildman–Crippen LogP) is 1.44. The summed E-state index contributed by atoms with van der Waals surface area (Å²) in [6.45, 7) is 2.31. The molecule has 19 heavy (non-hydrogen) atoms. The van der Waals surface area contributed by atoms with Gasteiger partial charge < -0.3 is 14.8 Å². The van der Waals surface area contributed by atoms with Gasteiger partial charge in [0, 0.05) is 18.7 Å². The fraction of sp³-hybridized carbons (Fsp3) is 0.429. The van der Waals surface area contributed by atoms with Crippen molar-refractivity contribution in [3.05, 3.63) is 35.4 Å². The summed E-state index contributed by atoms with van der Waals surface area (Å²) >= 11 is 0. The van der Waals surface area contributed by atoms with Crippen molar-refractivity contribution in [3.63, 3.8) is 0 Å². The standard InChI is InChI=1S/C14H17NO4/c1-9(8-18-2)15-13(16)7-12-10-5-3-4-6-11(10)14(17)19-12/h3-6,9,12H,7-8H2,1-2H3,(H,15,16)/t9-,12+/m0/s1. The minimum atomic E-state index is -0.488. The Kier molecular flexibility index (Phi) is 4.16. The molecule has 5 heteroatoms. The molecule has 0 bridgehead atoms. The first-order chi connectivity index (χ1) is 9.11. The van der Waals surface area contributed by atoms with Crippen LogP contribution in [0.2, 0.25) is 0 Å². The number of rotatable bonds is 5. The SMILES string of the molecule is COC[C@H](C)NC(=O)C[C@H]1OC(=O)c2ccccc21. The number of methoxy groups -OCH3 is 1. The molecule has 1 amide bonds. The van der Waals surface area contributed by atoms with Crippen molar-refractivity contribution in [2.45, 2.75) is 25.5 Å². The zero-order chi connectivity index (χ0) is 13.8.